The summed E-state index contributed by atoms with van der Waals surface area (Å²) < 4.78 is 37.9. The number of anilines is 1. The third kappa shape index (κ3) is 3.73. The summed E-state index contributed by atoms with van der Waals surface area (Å²) in [4.78, 5) is 11.5. The van der Waals surface area contributed by atoms with Gasteiger partial charge in [-0.3, -0.25) is 4.79 Å². The fraction of sp³-hybridized carbons (Fsp3) is 0.417. The number of benzene rings is 1. The van der Waals surface area contributed by atoms with E-state index in [9.17, 15) is 18.0 Å². The van der Waals surface area contributed by atoms with E-state index in [-0.39, 0.29) is 23.6 Å². The van der Waals surface area contributed by atoms with Gasteiger partial charge in [0.25, 0.3) is 0 Å². The maximum Gasteiger partial charge on any atom is 0.416 e. The van der Waals surface area contributed by atoms with Gasteiger partial charge in [0.2, 0.25) is 5.91 Å². The molecule has 0 aromatic heterocycles. The van der Waals surface area contributed by atoms with Crippen LogP contribution in [0.3, 0.4) is 0 Å². The van der Waals surface area contributed by atoms with Crippen molar-refractivity contribution in [2.24, 2.45) is 0 Å². The van der Waals surface area contributed by atoms with Gasteiger partial charge in [0, 0.05) is 18.7 Å². The first-order valence-corrected chi connectivity index (χ1v) is 5.47. The lowest BCUT2D eigenvalue weighted by atomic mass is 10.1. The number of halogens is 3. The van der Waals surface area contributed by atoms with E-state index in [4.69, 9.17) is 0 Å². The van der Waals surface area contributed by atoms with Crippen LogP contribution in [0.15, 0.2) is 18.2 Å². The highest BCUT2D eigenvalue weighted by Gasteiger charge is 2.32. The van der Waals surface area contributed by atoms with Gasteiger partial charge in [-0.25, -0.2) is 0 Å². The molecule has 0 unspecified atom stereocenters. The van der Waals surface area contributed by atoms with Crippen molar-refractivity contribution in [3.8, 4) is 0 Å². The zero-order valence-electron chi connectivity index (χ0n) is 10.2. The second kappa shape index (κ2) is 5.86. The molecule has 0 aliphatic heterocycles. The molecule has 0 radical (unpaired) electrons. The van der Waals surface area contributed by atoms with Crippen LogP contribution < -0.4 is 10.6 Å². The lowest BCUT2D eigenvalue weighted by Crippen LogP contribution is -2.20. The number of hydrogen-bond acceptors (Lipinski definition) is 2. The van der Waals surface area contributed by atoms with Gasteiger partial charge in [0.1, 0.15) is 0 Å². The van der Waals surface area contributed by atoms with Crippen LogP contribution in [0.25, 0.3) is 0 Å². The average Bonchev–Trinajstić information content (AvgIpc) is 2.27. The number of nitrogens with one attached hydrogen (secondary N) is 2. The standard InChI is InChI=1S/C12H15F3N2O/c1-8-9(12(13,14)15)4-3-5-10(8)17-11(18)6-7-16-2/h3-5,16H,6-7H2,1-2H3,(H,17,18). The second-order valence-corrected chi connectivity index (χ2v) is 3.88. The van der Waals surface area contributed by atoms with Crippen LogP contribution >= 0.6 is 0 Å². The highest BCUT2D eigenvalue weighted by atomic mass is 19.4. The molecule has 1 amide bonds. The Morgan fingerprint density at radius 3 is 2.56 bits per heavy atom. The van der Waals surface area contributed by atoms with E-state index < -0.39 is 11.7 Å². The third-order valence-electron chi connectivity index (χ3n) is 2.52. The lowest BCUT2D eigenvalue weighted by molar-refractivity contribution is -0.138. The fourth-order valence-corrected chi connectivity index (χ4v) is 1.53. The molecule has 1 rings (SSSR count). The largest absolute Gasteiger partial charge is 0.416 e. The number of hydrogen-bond donors (Lipinski definition) is 2. The number of alkyl halides is 3. The summed E-state index contributed by atoms with van der Waals surface area (Å²) in [5.74, 6) is -0.313. The Kier molecular flexibility index (Phi) is 4.72. The van der Waals surface area contributed by atoms with Crippen molar-refractivity contribution in [3.05, 3.63) is 29.3 Å². The van der Waals surface area contributed by atoms with Crippen LogP contribution in [0.5, 0.6) is 0 Å². The second-order valence-electron chi connectivity index (χ2n) is 3.88. The minimum Gasteiger partial charge on any atom is -0.326 e. The molecule has 0 spiro atoms. The van der Waals surface area contributed by atoms with Crippen molar-refractivity contribution < 1.29 is 18.0 Å². The number of rotatable bonds is 4. The molecule has 100 valence electrons. The fourth-order valence-electron chi connectivity index (χ4n) is 1.53. The molecule has 6 heteroatoms. The zero-order valence-corrected chi connectivity index (χ0v) is 10.2. The predicted molar refractivity (Wildman–Crippen MR) is 63.4 cm³/mol. The van der Waals surface area contributed by atoms with Crippen LogP contribution in [0, 0.1) is 6.92 Å². The summed E-state index contributed by atoms with van der Waals surface area (Å²) >= 11 is 0. The highest BCUT2D eigenvalue weighted by molar-refractivity contribution is 5.91. The number of carbonyl (C=O) groups excluding carboxylic acids is 1. The third-order valence-corrected chi connectivity index (χ3v) is 2.52. The molecule has 0 saturated carbocycles. The van der Waals surface area contributed by atoms with Gasteiger partial charge in [-0.2, -0.15) is 13.2 Å². The summed E-state index contributed by atoms with van der Waals surface area (Å²) in [6.07, 6.45) is -4.19. The van der Waals surface area contributed by atoms with Crippen LogP contribution in [0.4, 0.5) is 18.9 Å². The van der Waals surface area contributed by atoms with Gasteiger partial charge in [0.15, 0.2) is 0 Å². The zero-order chi connectivity index (χ0) is 13.8. The molecule has 0 saturated heterocycles. The Balaban J connectivity index is 2.88. The topological polar surface area (TPSA) is 41.1 Å². The molecule has 2 N–H and O–H groups in total. The van der Waals surface area contributed by atoms with Crippen LogP contribution in [-0.4, -0.2) is 19.5 Å². The van der Waals surface area contributed by atoms with Crippen molar-refractivity contribution in [1.82, 2.24) is 5.32 Å². The molecule has 0 aliphatic carbocycles. The van der Waals surface area contributed by atoms with Gasteiger partial charge in [-0.1, -0.05) is 6.07 Å². The first-order valence-electron chi connectivity index (χ1n) is 5.47. The van der Waals surface area contributed by atoms with E-state index in [1.165, 1.54) is 19.1 Å². The first kappa shape index (κ1) is 14.5. The molecule has 3 nitrogen and oxygen atoms in total. The maximum atomic E-state index is 12.6. The molecule has 0 fully saturated rings. The highest BCUT2D eigenvalue weighted by Crippen LogP contribution is 2.34. The first-order chi connectivity index (χ1) is 8.36. The number of amides is 1. The van der Waals surface area contributed by atoms with Crippen LogP contribution in [0.1, 0.15) is 17.5 Å². The Morgan fingerprint density at radius 1 is 1.33 bits per heavy atom. The summed E-state index contributed by atoms with van der Waals surface area (Å²) in [6.45, 7) is 1.82. The molecule has 1 aromatic carbocycles. The van der Waals surface area contributed by atoms with Gasteiger partial charge < -0.3 is 10.6 Å². The quantitative estimate of drug-likeness (QED) is 0.873. The van der Waals surface area contributed by atoms with Crippen LogP contribution in [0.2, 0.25) is 0 Å². The molecule has 0 bridgehead atoms. The minimum absolute atomic E-state index is 0.0304. The normalized spacial score (nSPS) is 11.4. The molecule has 0 aliphatic rings. The molecule has 1 aromatic rings. The van der Waals surface area contributed by atoms with Gasteiger partial charge in [-0.05, 0) is 31.7 Å². The van der Waals surface area contributed by atoms with E-state index in [1.54, 1.807) is 7.05 Å². The van der Waals surface area contributed by atoms with Gasteiger partial charge in [0.05, 0.1) is 5.56 Å². The minimum atomic E-state index is -4.41. The van der Waals surface area contributed by atoms with E-state index >= 15 is 0 Å². The van der Waals surface area contributed by atoms with Crippen molar-refractivity contribution in [3.63, 3.8) is 0 Å². The molecule has 0 atom stereocenters. The number of carbonyl (C=O) groups is 1. The van der Waals surface area contributed by atoms with Crippen molar-refractivity contribution >= 4 is 11.6 Å². The summed E-state index contributed by atoms with van der Waals surface area (Å²) in [6, 6.07) is 3.74. The van der Waals surface area contributed by atoms with E-state index in [2.05, 4.69) is 10.6 Å². The SMILES string of the molecule is CNCCC(=O)Nc1cccc(C(F)(F)F)c1C. The smallest absolute Gasteiger partial charge is 0.326 e. The molecular weight excluding hydrogens is 245 g/mol. The molecule has 18 heavy (non-hydrogen) atoms. The van der Waals surface area contributed by atoms with Crippen molar-refractivity contribution in [1.29, 1.82) is 0 Å². The lowest BCUT2D eigenvalue weighted by Gasteiger charge is -2.14. The van der Waals surface area contributed by atoms with E-state index in [0.29, 0.717) is 6.54 Å². The Hall–Kier alpha value is -1.56. The van der Waals surface area contributed by atoms with Crippen molar-refractivity contribution in [2.75, 3.05) is 18.9 Å². The molecular formula is C12H15F3N2O. The predicted octanol–water partition coefficient (Wildman–Crippen LogP) is 2.56. The van der Waals surface area contributed by atoms with E-state index in [1.807, 2.05) is 0 Å². The van der Waals surface area contributed by atoms with Crippen molar-refractivity contribution in [2.45, 2.75) is 19.5 Å². The average molecular weight is 260 g/mol. The molecule has 0 heterocycles. The van der Waals surface area contributed by atoms with E-state index in [0.717, 1.165) is 6.07 Å². The summed E-state index contributed by atoms with van der Waals surface area (Å²) in [5, 5.41) is 5.27. The van der Waals surface area contributed by atoms with Gasteiger partial charge in [-0.15, -0.1) is 0 Å². The summed E-state index contributed by atoms with van der Waals surface area (Å²) in [5.41, 5.74) is -0.498. The Morgan fingerprint density at radius 2 is 2.00 bits per heavy atom. The van der Waals surface area contributed by atoms with Gasteiger partial charge >= 0.3 is 6.18 Å². The summed E-state index contributed by atoms with van der Waals surface area (Å²) in [7, 11) is 1.70. The monoisotopic (exact) mass is 260 g/mol. The Labute approximate surface area is 103 Å². The van der Waals surface area contributed by atoms with Crippen LogP contribution in [-0.2, 0) is 11.0 Å². The Bertz CT molecular complexity index is 430. The maximum absolute atomic E-state index is 12.6.